The van der Waals surface area contributed by atoms with Crippen LogP contribution in [0.3, 0.4) is 0 Å². The van der Waals surface area contributed by atoms with Crippen molar-refractivity contribution >= 4 is 75.3 Å². The lowest BCUT2D eigenvalue weighted by atomic mass is 9.91. The molecule has 4 nitrogen and oxygen atoms in total. The van der Waals surface area contributed by atoms with Crippen LogP contribution in [0.4, 0.5) is 0 Å². The van der Waals surface area contributed by atoms with Gasteiger partial charge in [-0.3, -0.25) is 0 Å². The Balaban J connectivity index is 1.12. The van der Waals surface area contributed by atoms with E-state index in [0.717, 1.165) is 77.1 Å². The fourth-order valence-electron chi connectivity index (χ4n) is 10.7. The third-order valence-corrected chi connectivity index (χ3v) is 14.9. The van der Waals surface area contributed by atoms with E-state index in [4.69, 9.17) is 9.97 Å². The first-order chi connectivity index (χ1) is 34.2. The van der Waals surface area contributed by atoms with Gasteiger partial charge in [-0.2, -0.15) is 0 Å². The van der Waals surface area contributed by atoms with Crippen LogP contribution in [0.1, 0.15) is 0 Å². The molecule has 4 aromatic heterocycles. The van der Waals surface area contributed by atoms with Crippen molar-refractivity contribution in [2.45, 2.75) is 0 Å². The summed E-state index contributed by atoms with van der Waals surface area (Å²) in [7, 11) is 0. The van der Waals surface area contributed by atoms with Gasteiger partial charge in [0.25, 0.3) is 0 Å². The van der Waals surface area contributed by atoms with Gasteiger partial charge in [-0.25, -0.2) is 9.97 Å². The van der Waals surface area contributed by atoms with Crippen molar-refractivity contribution in [2.24, 2.45) is 0 Å². The molecule has 14 rings (SSSR count). The lowest BCUT2D eigenvalue weighted by molar-refractivity contribution is 1.17. The molecule has 69 heavy (non-hydrogen) atoms. The van der Waals surface area contributed by atoms with Gasteiger partial charge in [0.05, 0.1) is 43.7 Å². The van der Waals surface area contributed by atoms with E-state index in [-0.39, 0.29) is 0 Å². The molecule has 0 spiro atoms. The molecule has 0 aliphatic carbocycles. The minimum atomic E-state index is 0.711. The first kappa shape index (κ1) is 39.3. The van der Waals surface area contributed by atoms with Crippen LogP contribution >= 0.6 is 11.3 Å². The van der Waals surface area contributed by atoms with Crippen LogP contribution in [0, 0.1) is 0 Å². The van der Waals surface area contributed by atoms with Crippen molar-refractivity contribution in [1.82, 2.24) is 19.1 Å². The van der Waals surface area contributed by atoms with Crippen LogP contribution in [0.25, 0.3) is 131 Å². The normalized spacial score (nSPS) is 11.8. The maximum atomic E-state index is 5.51. The number of fused-ring (bicyclic) bond motifs is 9. The van der Waals surface area contributed by atoms with Gasteiger partial charge in [0.15, 0.2) is 5.82 Å². The van der Waals surface area contributed by atoms with E-state index in [1.165, 1.54) is 48.4 Å². The first-order valence-corrected chi connectivity index (χ1v) is 24.2. The Morgan fingerprint density at radius 2 is 0.841 bits per heavy atom. The fraction of sp³-hybridized carbons (Fsp3) is 0. The van der Waals surface area contributed by atoms with Crippen LogP contribution in [0.2, 0.25) is 0 Å². The van der Waals surface area contributed by atoms with Gasteiger partial charge < -0.3 is 9.13 Å². The summed E-state index contributed by atoms with van der Waals surface area (Å²) in [5.74, 6) is 0.711. The highest BCUT2D eigenvalue weighted by molar-refractivity contribution is 7.26. The van der Waals surface area contributed by atoms with Crippen LogP contribution < -0.4 is 0 Å². The Morgan fingerprint density at radius 1 is 0.333 bits per heavy atom. The molecule has 0 unspecified atom stereocenters. The molecule has 0 saturated heterocycles. The zero-order valence-corrected chi connectivity index (χ0v) is 38.1. The lowest BCUT2D eigenvalue weighted by Gasteiger charge is -2.21. The largest absolute Gasteiger partial charge is 0.309 e. The Morgan fingerprint density at radius 3 is 1.46 bits per heavy atom. The van der Waals surface area contributed by atoms with Crippen molar-refractivity contribution in [3.63, 3.8) is 0 Å². The van der Waals surface area contributed by atoms with E-state index in [2.05, 4.69) is 246 Å². The number of benzene rings is 10. The molecular formula is C64H40N4S. The molecular weight excluding hydrogens is 857 g/mol. The quantitative estimate of drug-likeness (QED) is 0.160. The molecule has 0 fully saturated rings. The SMILES string of the molecule is c1ccc(-c2nc(-c3cc(-c4ccccc4)c(-n4c5ccc(-n6c7ccccc7c7ccccc76)cc5c5c(-c6ccccc6)cccc54)c(-c4ccccc4)c3)c3sc4ccccc4c3n2)cc1. The third kappa shape index (κ3) is 6.28. The van der Waals surface area contributed by atoms with Gasteiger partial charge in [-0.1, -0.05) is 188 Å². The second-order valence-electron chi connectivity index (χ2n) is 17.7. The molecule has 0 amide bonds. The fourth-order valence-corrected chi connectivity index (χ4v) is 11.8. The molecule has 5 heteroatoms. The zero-order valence-electron chi connectivity index (χ0n) is 37.3. The lowest BCUT2D eigenvalue weighted by Crippen LogP contribution is -2.03. The van der Waals surface area contributed by atoms with Gasteiger partial charge in [-0.05, 0) is 76.9 Å². The van der Waals surface area contributed by atoms with Crippen LogP contribution in [0.15, 0.2) is 243 Å². The highest BCUT2D eigenvalue weighted by atomic mass is 32.1. The molecule has 0 saturated carbocycles. The highest BCUT2D eigenvalue weighted by Crippen LogP contribution is 2.48. The van der Waals surface area contributed by atoms with Crippen LogP contribution in [-0.2, 0) is 0 Å². The average molecular weight is 897 g/mol. The van der Waals surface area contributed by atoms with E-state index < -0.39 is 0 Å². The summed E-state index contributed by atoms with van der Waals surface area (Å²) in [5.41, 5.74) is 17.6. The minimum Gasteiger partial charge on any atom is -0.309 e. The Kier molecular flexibility index (Phi) is 9.04. The zero-order chi connectivity index (χ0) is 45.4. The van der Waals surface area contributed by atoms with Gasteiger partial charge in [0, 0.05) is 59.6 Å². The number of para-hydroxylation sites is 2. The number of thiophene rings is 1. The molecule has 10 aromatic carbocycles. The van der Waals surface area contributed by atoms with Crippen molar-refractivity contribution in [1.29, 1.82) is 0 Å². The van der Waals surface area contributed by atoms with Crippen molar-refractivity contribution in [2.75, 3.05) is 0 Å². The number of nitrogens with zero attached hydrogens (tertiary/aromatic N) is 4. The minimum absolute atomic E-state index is 0.711. The molecule has 322 valence electrons. The van der Waals surface area contributed by atoms with Crippen molar-refractivity contribution < 1.29 is 0 Å². The van der Waals surface area contributed by atoms with Gasteiger partial charge in [0.1, 0.15) is 0 Å². The highest BCUT2D eigenvalue weighted by Gasteiger charge is 2.26. The molecule has 0 aliphatic heterocycles. The maximum absolute atomic E-state index is 5.51. The van der Waals surface area contributed by atoms with Crippen LogP contribution in [0.5, 0.6) is 0 Å². The van der Waals surface area contributed by atoms with E-state index in [1.54, 1.807) is 11.3 Å². The van der Waals surface area contributed by atoms with Gasteiger partial charge in [0.2, 0.25) is 0 Å². The monoisotopic (exact) mass is 896 g/mol. The predicted octanol–water partition coefficient (Wildman–Crippen LogP) is 17.4. The summed E-state index contributed by atoms with van der Waals surface area (Å²) in [6, 6.07) is 87.7. The first-order valence-electron chi connectivity index (χ1n) is 23.4. The number of hydrogen-bond acceptors (Lipinski definition) is 3. The van der Waals surface area contributed by atoms with Crippen molar-refractivity contribution in [3.05, 3.63) is 243 Å². The van der Waals surface area contributed by atoms with Gasteiger partial charge >= 0.3 is 0 Å². The summed E-state index contributed by atoms with van der Waals surface area (Å²) >= 11 is 1.76. The average Bonchev–Trinajstić information content (AvgIpc) is 4.09. The Labute approximate surface area is 402 Å². The van der Waals surface area contributed by atoms with E-state index >= 15 is 0 Å². The Hall–Kier alpha value is -8.90. The third-order valence-electron chi connectivity index (χ3n) is 13.7. The molecule has 0 radical (unpaired) electrons. The molecule has 4 heterocycles. The summed E-state index contributed by atoms with van der Waals surface area (Å²) in [6.07, 6.45) is 0. The second-order valence-corrected chi connectivity index (χ2v) is 18.7. The maximum Gasteiger partial charge on any atom is 0.160 e. The number of hydrogen-bond donors (Lipinski definition) is 0. The van der Waals surface area contributed by atoms with E-state index in [1.807, 2.05) is 6.07 Å². The van der Waals surface area contributed by atoms with Crippen molar-refractivity contribution in [3.8, 4) is 67.4 Å². The van der Waals surface area contributed by atoms with Crippen LogP contribution in [-0.4, -0.2) is 19.1 Å². The molecule has 14 aromatic rings. The van der Waals surface area contributed by atoms with Gasteiger partial charge in [-0.15, -0.1) is 11.3 Å². The molecule has 0 bridgehead atoms. The molecule has 0 atom stereocenters. The topological polar surface area (TPSA) is 35.6 Å². The molecule has 0 aliphatic rings. The smallest absolute Gasteiger partial charge is 0.160 e. The van der Waals surface area contributed by atoms with E-state index in [9.17, 15) is 0 Å². The summed E-state index contributed by atoms with van der Waals surface area (Å²) < 4.78 is 7.23. The standard InChI is InChI=1S/C64H40N4S/c1-5-20-41(21-6-1)47-31-19-34-57-59(47)53-40-46(67-54-32-16-13-28-48(54)49-29-14-17-33-55(49)67)36-37-56(53)68(57)62-51(42-22-7-2-8-23-42)38-45(39-52(62)43-24-9-3-10-25-43)60-63-61(50-30-15-18-35-58(50)69-63)66-64(65-60)44-26-11-4-12-27-44/h1-40H. The summed E-state index contributed by atoms with van der Waals surface area (Å²) in [4.78, 5) is 10.8. The predicted molar refractivity (Wildman–Crippen MR) is 291 cm³/mol. The number of rotatable bonds is 7. The summed E-state index contributed by atoms with van der Waals surface area (Å²) in [6.45, 7) is 0. The number of aromatic nitrogens is 4. The summed E-state index contributed by atoms with van der Waals surface area (Å²) in [5, 5.41) is 6.02. The molecule has 0 N–H and O–H groups in total. The second kappa shape index (κ2) is 15.9. The van der Waals surface area contributed by atoms with E-state index in [0.29, 0.717) is 5.82 Å². The Bertz CT molecular complexity index is 4170.